The lowest BCUT2D eigenvalue weighted by molar-refractivity contribution is -0.175. The molecule has 17 heavy (non-hydrogen) atoms. The molecule has 0 aromatic heterocycles. The van der Waals surface area contributed by atoms with E-state index in [2.05, 4.69) is 12.6 Å². The molecule has 6 heteroatoms. The Morgan fingerprint density at radius 3 is 2.59 bits per heavy atom. The summed E-state index contributed by atoms with van der Waals surface area (Å²) >= 11 is 4.19. The van der Waals surface area contributed by atoms with Crippen LogP contribution in [0, 0.1) is 5.92 Å². The van der Waals surface area contributed by atoms with Crippen LogP contribution in [0.3, 0.4) is 0 Å². The number of carbonyl (C=O) groups excluding carboxylic acids is 1. The van der Waals surface area contributed by atoms with Gasteiger partial charge in [0, 0.05) is 24.8 Å². The predicted octanol–water partition coefficient (Wildman–Crippen LogP) is 0.619. The zero-order valence-corrected chi connectivity index (χ0v) is 10.6. The van der Waals surface area contributed by atoms with Crippen LogP contribution < -0.4 is 0 Å². The minimum Gasteiger partial charge on any atom is -0.480 e. The van der Waals surface area contributed by atoms with Gasteiger partial charge in [-0.1, -0.05) is 0 Å². The Morgan fingerprint density at radius 2 is 2.00 bits per heavy atom. The number of hydrazine groups is 1. The first-order valence-electron chi connectivity index (χ1n) is 6.06. The van der Waals surface area contributed by atoms with E-state index in [1.165, 1.54) is 5.01 Å². The lowest BCUT2D eigenvalue weighted by atomic mass is 10.0. The second-order valence-corrected chi connectivity index (χ2v) is 5.02. The molecule has 96 valence electrons. The van der Waals surface area contributed by atoms with Crippen molar-refractivity contribution in [2.24, 2.45) is 5.92 Å². The molecule has 0 unspecified atom stereocenters. The van der Waals surface area contributed by atoms with E-state index in [1.54, 1.807) is 0 Å². The highest BCUT2D eigenvalue weighted by molar-refractivity contribution is 7.80. The van der Waals surface area contributed by atoms with Crippen LogP contribution in [0.15, 0.2) is 0 Å². The van der Waals surface area contributed by atoms with Crippen molar-refractivity contribution in [1.29, 1.82) is 0 Å². The van der Waals surface area contributed by atoms with Crippen LogP contribution in [0.1, 0.15) is 25.7 Å². The summed E-state index contributed by atoms with van der Waals surface area (Å²) in [6.45, 7) is 1.56. The second-order valence-electron chi connectivity index (χ2n) is 4.65. The number of thiol groups is 1. The molecule has 2 rings (SSSR count). The molecule has 2 aliphatic heterocycles. The van der Waals surface area contributed by atoms with Crippen LogP contribution in [0.4, 0.5) is 0 Å². The van der Waals surface area contributed by atoms with Crippen molar-refractivity contribution in [3.05, 3.63) is 0 Å². The molecule has 0 radical (unpaired) electrons. The van der Waals surface area contributed by atoms with Gasteiger partial charge < -0.3 is 5.11 Å². The standard InChI is InChI=1S/C11H18N2O3S/c14-10-8(7-17)3-1-5-12-6-2-4-9(11(15)16)13(10)12/h8-9,17H,1-7H2,(H,15,16)/t8-,9+/m1/s1. The van der Waals surface area contributed by atoms with Gasteiger partial charge in [-0.05, 0) is 25.7 Å². The maximum absolute atomic E-state index is 12.3. The minimum absolute atomic E-state index is 0.0652. The predicted molar refractivity (Wildman–Crippen MR) is 65.7 cm³/mol. The average Bonchev–Trinajstić information content (AvgIpc) is 2.48. The Balaban J connectivity index is 2.24. The van der Waals surface area contributed by atoms with Crippen LogP contribution in [0.25, 0.3) is 0 Å². The molecule has 1 N–H and O–H groups in total. The van der Waals surface area contributed by atoms with Gasteiger partial charge in [0.1, 0.15) is 6.04 Å². The average molecular weight is 258 g/mol. The lowest BCUT2D eigenvalue weighted by Gasteiger charge is -2.42. The number of carboxylic acids is 1. The van der Waals surface area contributed by atoms with E-state index in [0.717, 1.165) is 32.4 Å². The summed E-state index contributed by atoms with van der Waals surface area (Å²) in [5.74, 6) is -0.606. The van der Waals surface area contributed by atoms with Crippen LogP contribution in [0.5, 0.6) is 0 Å². The molecule has 2 saturated heterocycles. The lowest BCUT2D eigenvalue weighted by Crippen LogP contribution is -2.58. The number of aliphatic carboxylic acids is 1. The second kappa shape index (κ2) is 5.27. The van der Waals surface area contributed by atoms with Crippen LogP contribution in [-0.2, 0) is 9.59 Å². The molecule has 0 bridgehead atoms. The largest absolute Gasteiger partial charge is 0.480 e. The van der Waals surface area contributed by atoms with Crippen molar-refractivity contribution in [3.63, 3.8) is 0 Å². The highest BCUT2D eigenvalue weighted by Crippen LogP contribution is 2.26. The Labute approximate surface area is 106 Å². The number of hydrogen-bond acceptors (Lipinski definition) is 4. The van der Waals surface area contributed by atoms with Gasteiger partial charge in [-0.25, -0.2) is 9.80 Å². The molecule has 0 spiro atoms. The number of rotatable bonds is 2. The van der Waals surface area contributed by atoms with Gasteiger partial charge in [0.15, 0.2) is 0 Å². The molecule has 2 aliphatic rings. The summed E-state index contributed by atoms with van der Waals surface area (Å²) in [4.78, 5) is 23.5. The fourth-order valence-corrected chi connectivity index (χ4v) is 2.97. The van der Waals surface area contributed by atoms with Gasteiger partial charge >= 0.3 is 5.97 Å². The molecular formula is C11H18N2O3S. The fourth-order valence-electron chi connectivity index (χ4n) is 2.64. The number of carbonyl (C=O) groups is 2. The van der Waals surface area contributed by atoms with E-state index in [9.17, 15) is 14.7 Å². The third-order valence-electron chi connectivity index (χ3n) is 3.54. The maximum Gasteiger partial charge on any atom is 0.328 e. The van der Waals surface area contributed by atoms with Gasteiger partial charge in [0.2, 0.25) is 5.91 Å². The van der Waals surface area contributed by atoms with Gasteiger partial charge in [-0.2, -0.15) is 12.6 Å². The van der Waals surface area contributed by atoms with E-state index in [1.807, 2.05) is 5.01 Å². The third kappa shape index (κ3) is 2.42. The summed E-state index contributed by atoms with van der Waals surface area (Å²) in [5.41, 5.74) is 0. The van der Waals surface area contributed by atoms with Gasteiger partial charge in [0.25, 0.3) is 0 Å². The number of fused-ring (bicyclic) bond motifs is 1. The molecule has 1 amide bonds. The Bertz CT molecular complexity index is 324. The van der Waals surface area contributed by atoms with Crippen molar-refractivity contribution in [2.75, 3.05) is 18.8 Å². The number of amides is 1. The molecule has 0 aromatic rings. The minimum atomic E-state index is -0.900. The third-order valence-corrected chi connectivity index (χ3v) is 3.98. The normalized spacial score (nSPS) is 30.9. The van der Waals surface area contributed by atoms with Crippen molar-refractivity contribution < 1.29 is 14.7 Å². The summed E-state index contributed by atoms with van der Waals surface area (Å²) in [6.07, 6.45) is 3.13. The molecular weight excluding hydrogens is 240 g/mol. The van der Waals surface area contributed by atoms with Crippen LogP contribution >= 0.6 is 12.6 Å². The van der Waals surface area contributed by atoms with E-state index < -0.39 is 12.0 Å². The zero-order valence-electron chi connectivity index (χ0n) is 9.71. The first-order valence-corrected chi connectivity index (χ1v) is 6.70. The summed E-state index contributed by atoms with van der Waals surface area (Å²) in [5, 5.41) is 12.6. The van der Waals surface area contributed by atoms with Gasteiger partial charge in [0.05, 0.1) is 0 Å². The van der Waals surface area contributed by atoms with E-state index in [-0.39, 0.29) is 11.8 Å². The molecule has 2 heterocycles. The molecule has 2 atom stereocenters. The molecule has 0 aliphatic carbocycles. The number of hydrogen-bond donors (Lipinski definition) is 2. The van der Waals surface area contributed by atoms with Crippen molar-refractivity contribution in [1.82, 2.24) is 10.0 Å². The summed E-state index contributed by atoms with van der Waals surface area (Å²) < 4.78 is 0. The Morgan fingerprint density at radius 1 is 1.35 bits per heavy atom. The van der Waals surface area contributed by atoms with E-state index >= 15 is 0 Å². The van der Waals surface area contributed by atoms with E-state index in [0.29, 0.717) is 12.2 Å². The first kappa shape index (κ1) is 12.7. The van der Waals surface area contributed by atoms with Gasteiger partial charge in [-0.15, -0.1) is 0 Å². The van der Waals surface area contributed by atoms with Crippen molar-refractivity contribution in [2.45, 2.75) is 31.7 Å². The van der Waals surface area contributed by atoms with Crippen molar-refractivity contribution in [3.8, 4) is 0 Å². The topological polar surface area (TPSA) is 60.9 Å². The zero-order chi connectivity index (χ0) is 12.4. The molecule has 0 aromatic carbocycles. The summed E-state index contributed by atoms with van der Waals surface area (Å²) in [6, 6.07) is -0.684. The molecule has 0 saturated carbocycles. The quantitative estimate of drug-likeness (QED) is 0.713. The number of nitrogens with zero attached hydrogens (tertiary/aromatic N) is 2. The Hall–Kier alpha value is -0.750. The maximum atomic E-state index is 12.3. The molecule has 2 fully saturated rings. The highest BCUT2D eigenvalue weighted by atomic mass is 32.1. The monoisotopic (exact) mass is 258 g/mol. The SMILES string of the molecule is O=C(O)[C@@H]1CCCN2CCC[C@H](CS)C(=O)N12. The van der Waals surface area contributed by atoms with Crippen LogP contribution in [0.2, 0.25) is 0 Å². The fraction of sp³-hybridized carbons (Fsp3) is 0.818. The first-order chi connectivity index (χ1) is 8.15. The Kier molecular flexibility index (Phi) is 3.93. The van der Waals surface area contributed by atoms with E-state index in [4.69, 9.17) is 0 Å². The summed E-state index contributed by atoms with van der Waals surface area (Å²) in [7, 11) is 0. The number of carboxylic acid groups (broad SMARTS) is 1. The van der Waals surface area contributed by atoms with Crippen molar-refractivity contribution >= 4 is 24.5 Å². The highest BCUT2D eigenvalue weighted by Gasteiger charge is 2.40. The van der Waals surface area contributed by atoms with Crippen LogP contribution in [-0.4, -0.2) is 51.9 Å². The smallest absolute Gasteiger partial charge is 0.328 e. The van der Waals surface area contributed by atoms with Gasteiger partial charge in [-0.3, -0.25) is 9.80 Å². The molecule has 5 nitrogen and oxygen atoms in total.